The van der Waals surface area contributed by atoms with E-state index in [0.717, 1.165) is 29.8 Å². The fraction of sp³-hybridized carbons (Fsp3) is 0.364. The molecule has 0 saturated carbocycles. The average molecular weight is 415 g/mol. The van der Waals surface area contributed by atoms with E-state index in [9.17, 15) is 9.59 Å². The van der Waals surface area contributed by atoms with Crippen molar-refractivity contribution in [2.45, 2.75) is 19.8 Å². The molecule has 7 heteroatoms. The number of amides is 3. The number of piperidine rings is 1. The summed E-state index contributed by atoms with van der Waals surface area (Å²) in [6.45, 7) is 3.02. The van der Waals surface area contributed by atoms with Crippen LogP contribution in [-0.2, 0) is 4.79 Å². The topological polar surface area (TPSA) is 64.7 Å². The van der Waals surface area contributed by atoms with Crippen LogP contribution in [-0.4, -0.2) is 44.0 Å². The van der Waals surface area contributed by atoms with Gasteiger partial charge in [0.15, 0.2) is 0 Å². The van der Waals surface area contributed by atoms with Gasteiger partial charge >= 0.3 is 6.03 Å². The number of aryl methyl sites for hydroxylation is 1. The molecule has 6 nitrogen and oxygen atoms in total. The van der Waals surface area contributed by atoms with E-state index in [1.807, 2.05) is 62.3 Å². The Morgan fingerprint density at radius 3 is 2.55 bits per heavy atom. The lowest BCUT2D eigenvalue weighted by molar-refractivity contribution is -0.121. The van der Waals surface area contributed by atoms with Crippen molar-refractivity contribution in [1.29, 1.82) is 0 Å². The molecule has 0 aliphatic carbocycles. The van der Waals surface area contributed by atoms with E-state index >= 15 is 0 Å². The molecule has 0 bridgehead atoms. The lowest BCUT2D eigenvalue weighted by Gasteiger charge is -2.32. The van der Waals surface area contributed by atoms with E-state index in [1.54, 1.807) is 11.0 Å². The summed E-state index contributed by atoms with van der Waals surface area (Å²) in [5.41, 5.74) is 3.39. The van der Waals surface area contributed by atoms with Gasteiger partial charge in [-0.3, -0.25) is 4.79 Å². The van der Waals surface area contributed by atoms with E-state index in [2.05, 4.69) is 10.6 Å². The van der Waals surface area contributed by atoms with E-state index in [1.165, 1.54) is 0 Å². The quantitative estimate of drug-likeness (QED) is 0.768. The first-order chi connectivity index (χ1) is 13.8. The molecule has 2 aromatic rings. The molecule has 1 atom stereocenters. The number of likely N-dealkylation sites (tertiary alicyclic amines) is 1. The number of hydrogen-bond donors (Lipinski definition) is 2. The van der Waals surface area contributed by atoms with Gasteiger partial charge in [-0.25, -0.2) is 4.79 Å². The molecule has 1 fully saturated rings. The molecule has 2 aromatic carbocycles. The largest absolute Gasteiger partial charge is 0.376 e. The van der Waals surface area contributed by atoms with Crippen LogP contribution in [0, 0.1) is 12.8 Å². The molecule has 0 aromatic heterocycles. The minimum absolute atomic E-state index is 0.0910. The fourth-order valence-corrected chi connectivity index (χ4v) is 3.84. The highest BCUT2D eigenvalue weighted by Gasteiger charge is 2.28. The van der Waals surface area contributed by atoms with Crippen LogP contribution in [0.4, 0.5) is 21.9 Å². The van der Waals surface area contributed by atoms with Crippen LogP contribution in [0.3, 0.4) is 0 Å². The number of anilines is 3. The van der Waals surface area contributed by atoms with Crippen LogP contribution in [0.25, 0.3) is 0 Å². The second kappa shape index (κ2) is 9.18. The van der Waals surface area contributed by atoms with Crippen LogP contribution < -0.4 is 15.5 Å². The normalized spacial score (nSPS) is 16.3. The number of benzene rings is 2. The number of urea groups is 1. The minimum atomic E-state index is -0.251. The van der Waals surface area contributed by atoms with Crippen LogP contribution in [0.15, 0.2) is 42.5 Å². The molecular formula is C22H27ClN4O2. The van der Waals surface area contributed by atoms with Crippen molar-refractivity contribution in [1.82, 2.24) is 4.90 Å². The first-order valence-corrected chi connectivity index (χ1v) is 10.1. The first-order valence-electron chi connectivity index (χ1n) is 9.74. The fourth-order valence-electron chi connectivity index (χ4n) is 3.49. The van der Waals surface area contributed by atoms with Crippen LogP contribution >= 0.6 is 11.6 Å². The Bertz CT molecular complexity index is 900. The number of hydrogen-bond acceptors (Lipinski definition) is 3. The molecule has 1 saturated heterocycles. The predicted molar refractivity (Wildman–Crippen MR) is 119 cm³/mol. The van der Waals surface area contributed by atoms with E-state index in [0.29, 0.717) is 23.8 Å². The SMILES string of the molecule is Cc1cccc(NC(=O)N2CCCC(C(=O)Nc3ccc(N(C)C)c(Cl)c3)C2)c1. The van der Waals surface area contributed by atoms with Crippen LogP contribution in [0.2, 0.25) is 5.02 Å². The van der Waals surface area contributed by atoms with E-state index in [-0.39, 0.29) is 17.9 Å². The Hall–Kier alpha value is -2.73. The third kappa shape index (κ3) is 5.41. The van der Waals surface area contributed by atoms with Gasteiger partial charge in [-0.1, -0.05) is 23.7 Å². The highest BCUT2D eigenvalue weighted by molar-refractivity contribution is 6.33. The van der Waals surface area contributed by atoms with Crippen LogP contribution in [0.1, 0.15) is 18.4 Å². The lowest BCUT2D eigenvalue weighted by Crippen LogP contribution is -2.45. The number of nitrogens with zero attached hydrogens (tertiary/aromatic N) is 2. The van der Waals surface area contributed by atoms with Gasteiger partial charge in [0, 0.05) is 38.6 Å². The van der Waals surface area contributed by atoms with Gasteiger partial charge in [-0.2, -0.15) is 0 Å². The van der Waals surface area contributed by atoms with Crippen molar-refractivity contribution in [2.24, 2.45) is 5.92 Å². The third-order valence-corrected chi connectivity index (χ3v) is 5.35. The van der Waals surface area contributed by atoms with Gasteiger partial charge in [0.25, 0.3) is 0 Å². The summed E-state index contributed by atoms with van der Waals surface area (Å²) in [5.74, 6) is -0.342. The summed E-state index contributed by atoms with van der Waals surface area (Å²) in [6, 6.07) is 13.0. The maximum atomic E-state index is 12.7. The monoisotopic (exact) mass is 414 g/mol. The number of halogens is 1. The van der Waals surface area contributed by atoms with Gasteiger partial charge in [0.2, 0.25) is 5.91 Å². The molecule has 3 amide bonds. The lowest BCUT2D eigenvalue weighted by atomic mass is 9.97. The van der Waals surface area contributed by atoms with Crippen molar-refractivity contribution >= 4 is 40.6 Å². The Labute approximate surface area is 176 Å². The molecule has 3 rings (SSSR count). The zero-order valence-electron chi connectivity index (χ0n) is 17.0. The van der Waals surface area contributed by atoms with Gasteiger partial charge in [0.05, 0.1) is 16.6 Å². The van der Waals surface area contributed by atoms with Crippen molar-refractivity contribution in [3.8, 4) is 0 Å². The Morgan fingerprint density at radius 2 is 1.86 bits per heavy atom. The van der Waals surface area contributed by atoms with Gasteiger partial charge in [0.1, 0.15) is 0 Å². The van der Waals surface area contributed by atoms with Gasteiger partial charge in [-0.05, 0) is 55.7 Å². The molecule has 154 valence electrons. The van der Waals surface area contributed by atoms with E-state index in [4.69, 9.17) is 11.6 Å². The third-order valence-electron chi connectivity index (χ3n) is 5.05. The molecule has 1 aliphatic heterocycles. The van der Waals surface area contributed by atoms with Crippen molar-refractivity contribution in [3.05, 3.63) is 53.1 Å². The summed E-state index contributed by atoms with van der Waals surface area (Å²) >= 11 is 6.29. The summed E-state index contributed by atoms with van der Waals surface area (Å²) in [5, 5.41) is 6.43. The van der Waals surface area contributed by atoms with Crippen molar-refractivity contribution in [2.75, 3.05) is 42.7 Å². The molecule has 0 radical (unpaired) electrons. The van der Waals surface area contributed by atoms with E-state index < -0.39 is 0 Å². The van der Waals surface area contributed by atoms with Gasteiger partial charge < -0.3 is 20.4 Å². The molecule has 1 unspecified atom stereocenters. The maximum absolute atomic E-state index is 12.7. The van der Waals surface area contributed by atoms with Gasteiger partial charge in [-0.15, -0.1) is 0 Å². The van der Waals surface area contributed by atoms with Crippen molar-refractivity contribution < 1.29 is 9.59 Å². The molecule has 29 heavy (non-hydrogen) atoms. The molecule has 1 heterocycles. The summed E-state index contributed by atoms with van der Waals surface area (Å²) in [4.78, 5) is 29.0. The highest BCUT2D eigenvalue weighted by atomic mass is 35.5. The molecule has 0 spiro atoms. The zero-order chi connectivity index (χ0) is 21.0. The molecular weight excluding hydrogens is 388 g/mol. The van der Waals surface area contributed by atoms with Crippen LogP contribution in [0.5, 0.6) is 0 Å². The standard InChI is InChI=1S/C22H27ClN4O2/c1-15-6-4-8-17(12-15)25-22(29)27-11-5-7-16(14-27)21(28)24-18-9-10-20(26(2)3)19(23)13-18/h4,6,8-10,12-13,16H,5,7,11,14H2,1-3H3,(H,24,28)(H,25,29). The number of rotatable bonds is 4. The second-order valence-electron chi connectivity index (χ2n) is 7.63. The number of carbonyl (C=O) groups excluding carboxylic acids is 2. The Morgan fingerprint density at radius 1 is 1.10 bits per heavy atom. The predicted octanol–water partition coefficient (Wildman–Crippen LogP) is 4.60. The Kier molecular flexibility index (Phi) is 6.64. The summed E-state index contributed by atoms with van der Waals surface area (Å²) < 4.78 is 0. The smallest absolute Gasteiger partial charge is 0.321 e. The summed E-state index contributed by atoms with van der Waals surface area (Å²) in [7, 11) is 3.83. The average Bonchev–Trinajstić information content (AvgIpc) is 2.68. The highest BCUT2D eigenvalue weighted by Crippen LogP contribution is 2.28. The summed E-state index contributed by atoms with van der Waals surface area (Å²) in [6.07, 6.45) is 1.54. The zero-order valence-corrected chi connectivity index (χ0v) is 17.8. The first kappa shape index (κ1) is 21.0. The molecule has 2 N–H and O–H groups in total. The van der Waals surface area contributed by atoms with Crippen molar-refractivity contribution in [3.63, 3.8) is 0 Å². The Balaban J connectivity index is 1.60. The number of carbonyl (C=O) groups is 2. The molecule has 1 aliphatic rings. The maximum Gasteiger partial charge on any atom is 0.321 e. The minimum Gasteiger partial charge on any atom is -0.376 e. The second-order valence-corrected chi connectivity index (χ2v) is 8.04. The number of nitrogens with one attached hydrogen (secondary N) is 2.